The zero-order valence-corrected chi connectivity index (χ0v) is 25.8. The van der Waals surface area contributed by atoms with Gasteiger partial charge in [-0.05, 0) is 68.5 Å². The van der Waals surface area contributed by atoms with Crippen LogP contribution in [0.4, 0.5) is 4.79 Å². The average Bonchev–Trinajstić information content (AvgIpc) is 3.87. The van der Waals surface area contributed by atoms with Crippen LogP contribution in [0.3, 0.4) is 0 Å². The van der Waals surface area contributed by atoms with Crippen molar-refractivity contribution >= 4 is 39.3 Å². The number of hydrogen-bond donors (Lipinski definition) is 2. The zero-order chi connectivity index (χ0) is 30.6. The third-order valence-electron chi connectivity index (χ3n) is 8.14. The molecule has 3 aromatic heterocycles. The van der Waals surface area contributed by atoms with E-state index >= 15 is 0 Å². The van der Waals surface area contributed by atoms with E-state index in [9.17, 15) is 4.79 Å². The van der Waals surface area contributed by atoms with Gasteiger partial charge in [0.1, 0.15) is 28.5 Å². The van der Waals surface area contributed by atoms with Gasteiger partial charge in [0.25, 0.3) is 0 Å². The second-order valence-electron chi connectivity index (χ2n) is 11.2. The van der Waals surface area contributed by atoms with Gasteiger partial charge >= 0.3 is 6.03 Å². The summed E-state index contributed by atoms with van der Waals surface area (Å²) in [6.07, 6.45) is 6.38. The number of carbonyl (C=O) groups excluding carboxylic acids is 1. The molecule has 0 unspecified atom stereocenters. The summed E-state index contributed by atoms with van der Waals surface area (Å²) in [4.78, 5) is 18.8. The van der Waals surface area contributed by atoms with Crippen LogP contribution in [-0.2, 0) is 19.3 Å². The van der Waals surface area contributed by atoms with Gasteiger partial charge in [-0.15, -0.1) is 16.4 Å². The SMILES string of the molecule is NCCCCc1cn(-c2ccc(-c3nc(CCc4cccc5oc6ccccc6c45)cs3)c(OCCN3CCNC3=O)c2)nn1. The molecule has 0 spiro atoms. The lowest BCUT2D eigenvalue weighted by molar-refractivity contribution is 0.203. The maximum atomic E-state index is 12.0. The summed E-state index contributed by atoms with van der Waals surface area (Å²) in [5.74, 6) is 0.697. The minimum absolute atomic E-state index is 0.0546. The Hall–Kier alpha value is -4.74. The summed E-state index contributed by atoms with van der Waals surface area (Å²) in [6, 6.07) is 20.4. The molecule has 45 heavy (non-hydrogen) atoms. The van der Waals surface area contributed by atoms with Gasteiger partial charge in [0.15, 0.2) is 0 Å². The maximum absolute atomic E-state index is 12.0. The van der Waals surface area contributed by atoms with Crippen molar-refractivity contribution in [3.05, 3.63) is 89.2 Å². The van der Waals surface area contributed by atoms with Gasteiger partial charge in [-0.25, -0.2) is 14.5 Å². The van der Waals surface area contributed by atoms with Crippen LogP contribution in [-0.4, -0.2) is 63.7 Å². The molecule has 7 rings (SSSR count). The molecule has 3 aromatic carbocycles. The van der Waals surface area contributed by atoms with Gasteiger partial charge in [0.2, 0.25) is 0 Å². The van der Waals surface area contributed by atoms with Crippen molar-refractivity contribution in [3.63, 3.8) is 0 Å². The molecule has 11 heteroatoms. The molecular formula is C34H35N7O3S. The van der Waals surface area contributed by atoms with Crippen LogP contribution in [0.1, 0.15) is 29.8 Å². The Bertz CT molecular complexity index is 1940. The Balaban J connectivity index is 1.11. The number of benzene rings is 3. The molecule has 3 N–H and O–H groups in total. The number of nitrogens with two attached hydrogens (primary N) is 1. The highest BCUT2D eigenvalue weighted by Crippen LogP contribution is 2.35. The molecule has 0 bridgehead atoms. The van der Waals surface area contributed by atoms with Gasteiger partial charge < -0.3 is 25.1 Å². The monoisotopic (exact) mass is 621 g/mol. The second kappa shape index (κ2) is 13.1. The third kappa shape index (κ3) is 6.27. The maximum Gasteiger partial charge on any atom is 0.317 e. The van der Waals surface area contributed by atoms with Crippen molar-refractivity contribution in [2.45, 2.75) is 32.1 Å². The van der Waals surface area contributed by atoms with Crippen LogP contribution in [0.15, 0.2) is 76.7 Å². The molecule has 1 fully saturated rings. The Morgan fingerprint density at radius 1 is 1.00 bits per heavy atom. The van der Waals surface area contributed by atoms with Crippen LogP contribution in [0, 0.1) is 0 Å². The number of hydrogen-bond acceptors (Lipinski definition) is 8. The van der Waals surface area contributed by atoms with E-state index in [0.29, 0.717) is 38.5 Å². The van der Waals surface area contributed by atoms with Crippen LogP contribution in [0.2, 0.25) is 0 Å². The average molecular weight is 622 g/mol. The number of unbranched alkanes of at least 4 members (excludes halogenated alkanes) is 1. The Labute approximate surface area is 264 Å². The van der Waals surface area contributed by atoms with Crippen molar-refractivity contribution in [2.75, 3.05) is 32.8 Å². The Morgan fingerprint density at radius 3 is 2.80 bits per heavy atom. The number of rotatable bonds is 13. The minimum Gasteiger partial charge on any atom is -0.491 e. The van der Waals surface area contributed by atoms with E-state index in [2.05, 4.69) is 45.3 Å². The number of fused-ring (bicyclic) bond motifs is 3. The molecular weight excluding hydrogens is 586 g/mol. The molecule has 1 aliphatic rings. The van der Waals surface area contributed by atoms with Crippen LogP contribution < -0.4 is 15.8 Å². The first-order valence-electron chi connectivity index (χ1n) is 15.4. The van der Waals surface area contributed by atoms with E-state index in [1.165, 1.54) is 10.9 Å². The first-order chi connectivity index (χ1) is 22.2. The minimum atomic E-state index is -0.0546. The highest BCUT2D eigenvalue weighted by atomic mass is 32.1. The summed E-state index contributed by atoms with van der Waals surface area (Å²) in [7, 11) is 0. The molecule has 0 saturated carbocycles. The molecule has 1 saturated heterocycles. The Morgan fingerprint density at radius 2 is 1.91 bits per heavy atom. The zero-order valence-electron chi connectivity index (χ0n) is 24.9. The molecule has 230 valence electrons. The lowest BCUT2D eigenvalue weighted by Gasteiger charge is -2.16. The fraction of sp³-hybridized carbons (Fsp3) is 0.294. The quantitative estimate of drug-likeness (QED) is 0.157. The lowest BCUT2D eigenvalue weighted by atomic mass is 10.0. The standard InChI is InChI=1S/C34H35N7O3S/c35-15-4-3-7-24-21-41(39-38-24)26-13-14-28(31(20-26)43-19-18-40-17-16-36-34(40)42)33-37-25(22-45-33)12-11-23-6-5-10-30-32(23)27-8-1-2-9-29(27)44-30/h1-2,5-6,8-10,13-14,20-22H,3-4,7,11-12,15-19,35H2,(H,36,42). The van der Waals surface area contributed by atoms with E-state index in [-0.39, 0.29) is 6.03 Å². The van der Waals surface area contributed by atoms with Crippen LogP contribution in [0.25, 0.3) is 38.2 Å². The van der Waals surface area contributed by atoms with Gasteiger partial charge in [-0.1, -0.05) is 35.5 Å². The highest BCUT2D eigenvalue weighted by Gasteiger charge is 2.20. The predicted molar refractivity (Wildman–Crippen MR) is 176 cm³/mol. The number of aromatic nitrogens is 4. The van der Waals surface area contributed by atoms with Crippen molar-refractivity contribution in [1.29, 1.82) is 0 Å². The number of carbonyl (C=O) groups is 1. The lowest BCUT2D eigenvalue weighted by Crippen LogP contribution is -2.31. The predicted octanol–water partition coefficient (Wildman–Crippen LogP) is 5.76. The largest absolute Gasteiger partial charge is 0.491 e. The molecule has 0 radical (unpaired) electrons. The van der Waals surface area contributed by atoms with Crippen LogP contribution >= 0.6 is 11.3 Å². The number of ether oxygens (including phenoxy) is 1. The smallest absolute Gasteiger partial charge is 0.317 e. The first-order valence-corrected chi connectivity index (χ1v) is 16.3. The number of nitrogens with one attached hydrogen (secondary N) is 1. The molecule has 0 atom stereocenters. The van der Waals surface area contributed by atoms with E-state index in [1.807, 2.05) is 42.6 Å². The van der Waals surface area contributed by atoms with Crippen molar-refractivity contribution in [2.24, 2.45) is 5.73 Å². The number of nitrogens with zero attached hydrogens (tertiary/aromatic N) is 5. The number of thiazole rings is 1. The summed E-state index contributed by atoms with van der Waals surface area (Å²) in [5.41, 5.74) is 12.4. The molecule has 2 amide bonds. The van der Waals surface area contributed by atoms with Gasteiger partial charge in [0, 0.05) is 35.3 Å². The van der Waals surface area contributed by atoms with Crippen molar-refractivity contribution < 1.29 is 13.9 Å². The third-order valence-corrected chi connectivity index (χ3v) is 9.07. The van der Waals surface area contributed by atoms with E-state index in [1.54, 1.807) is 20.9 Å². The molecule has 1 aliphatic heterocycles. The number of aryl methyl sites for hydroxylation is 3. The number of furan rings is 1. The molecule has 10 nitrogen and oxygen atoms in total. The van der Waals surface area contributed by atoms with E-state index < -0.39 is 0 Å². The topological polar surface area (TPSA) is 124 Å². The highest BCUT2D eigenvalue weighted by molar-refractivity contribution is 7.13. The van der Waals surface area contributed by atoms with Gasteiger partial charge in [-0.3, -0.25) is 0 Å². The molecule has 4 heterocycles. The fourth-order valence-electron chi connectivity index (χ4n) is 5.79. The normalized spacial score (nSPS) is 13.3. The molecule has 6 aromatic rings. The first kappa shape index (κ1) is 29.0. The van der Waals surface area contributed by atoms with E-state index in [4.69, 9.17) is 19.9 Å². The van der Waals surface area contributed by atoms with Gasteiger partial charge in [-0.2, -0.15) is 0 Å². The van der Waals surface area contributed by atoms with Crippen molar-refractivity contribution in [3.8, 4) is 22.0 Å². The Kier molecular flexibility index (Phi) is 8.44. The number of amides is 2. The summed E-state index contributed by atoms with van der Waals surface area (Å²) in [6.45, 7) is 2.88. The summed E-state index contributed by atoms with van der Waals surface area (Å²) < 4.78 is 14.2. The van der Waals surface area contributed by atoms with Crippen LogP contribution in [0.5, 0.6) is 5.75 Å². The number of para-hydroxylation sites is 1. The second-order valence-corrected chi connectivity index (χ2v) is 12.0. The number of urea groups is 1. The van der Waals surface area contributed by atoms with E-state index in [0.717, 1.165) is 76.3 Å². The summed E-state index contributed by atoms with van der Waals surface area (Å²) in [5, 5.41) is 16.9. The van der Waals surface area contributed by atoms with Gasteiger partial charge in [0.05, 0.1) is 35.4 Å². The fourth-order valence-corrected chi connectivity index (χ4v) is 6.68. The summed E-state index contributed by atoms with van der Waals surface area (Å²) >= 11 is 1.61. The van der Waals surface area contributed by atoms with Crippen molar-refractivity contribution in [1.82, 2.24) is 30.2 Å². The molecule has 0 aliphatic carbocycles.